The van der Waals surface area contributed by atoms with Crippen molar-refractivity contribution in [3.63, 3.8) is 0 Å². The van der Waals surface area contributed by atoms with E-state index in [2.05, 4.69) is 24.4 Å². The Bertz CT molecular complexity index is 81.6. The minimum atomic E-state index is 0.977. The number of hydrogen-bond acceptors (Lipinski definition) is 2. The highest BCUT2D eigenvalue weighted by atomic mass is 32.2. The van der Waals surface area contributed by atoms with Gasteiger partial charge in [-0.25, -0.2) is 0 Å². The van der Waals surface area contributed by atoms with Gasteiger partial charge in [-0.1, -0.05) is 39.5 Å². The molecule has 0 fully saturated rings. The highest BCUT2D eigenvalue weighted by molar-refractivity contribution is 8.12. The normalized spacial score (nSPS) is 14.4. The van der Waals surface area contributed by atoms with Crippen LogP contribution in [-0.4, -0.2) is 17.8 Å². The van der Waals surface area contributed by atoms with Gasteiger partial charge in [-0.2, -0.15) is 0 Å². The van der Waals surface area contributed by atoms with Gasteiger partial charge in [0.2, 0.25) is 0 Å². The molecule has 1 nitrogen and oxygen atoms in total. The van der Waals surface area contributed by atoms with Gasteiger partial charge in [0.25, 0.3) is 0 Å². The van der Waals surface area contributed by atoms with E-state index in [-0.39, 0.29) is 0 Å². The molecule has 1 aliphatic heterocycles. The first-order valence-electron chi connectivity index (χ1n) is 4.24. The lowest BCUT2D eigenvalue weighted by Crippen LogP contribution is -1.69. The third kappa shape index (κ3) is 10.0. The fraction of sp³-hybridized carbons (Fsp3) is 0.778. The number of hydrogen-bond donors (Lipinski definition) is 0. The Balaban J connectivity index is 0.000000183. The number of nitrogens with zero attached hydrogens (tertiary/aromatic N) is 1. The van der Waals surface area contributed by atoms with E-state index in [0.717, 1.165) is 18.7 Å². The Hall–Kier alpha value is 0.0200. The highest BCUT2D eigenvalue weighted by Gasteiger charge is 1.87. The third-order valence-corrected chi connectivity index (χ3v) is 1.93. The van der Waals surface area contributed by atoms with Crippen molar-refractivity contribution in [2.75, 3.05) is 12.3 Å². The van der Waals surface area contributed by atoms with Crippen LogP contribution in [0.3, 0.4) is 0 Å². The minimum absolute atomic E-state index is 0.977. The third-order valence-electron chi connectivity index (χ3n) is 1.29. The van der Waals surface area contributed by atoms with E-state index in [1.54, 1.807) is 11.8 Å². The Morgan fingerprint density at radius 3 is 2.55 bits per heavy atom. The van der Waals surface area contributed by atoms with Crippen LogP contribution < -0.4 is 0 Å². The quantitative estimate of drug-likeness (QED) is 0.594. The van der Waals surface area contributed by atoms with Gasteiger partial charge in [0.1, 0.15) is 5.55 Å². The lowest BCUT2D eigenvalue weighted by molar-refractivity contribution is 0.728. The zero-order valence-electron chi connectivity index (χ0n) is 7.31. The molecule has 0 unspecified atom stereocenters. The van der Waals surface area contributed by atoms with Crippen molar-refractivity contribution >= 4 is 17.3 Å². The average Bonchev–Trinajstić information content (AvgIpc) is 2.57. The molecule has 64 valence electrons. The van der Waals surface area contributed by atoms with Crippen molar-refractivity contribution in [3.05, 3.63) is 6.92 Å². The van der Waals surface area contributed by atoms with Crippen molar-refractivity contribution in [1.82, 2.24) is 0 Å². The summed E-state index contributed by atoms with van der Waals surface area (Å²) in [4.78, 5) is 3.80. The van der Waals surface area contributed by atoms with Crippen LogP contribution in [0.15, 0.2) is 4.99 Å². The molecule has 0 amide bonds. The lowest BCUT2D eigenvalue weighted by atomic mass is 10.2. The minimum Gasteiger partial charge on any atom is -0.275 e. The second-order valence-corrected chi connectivity index (χ2v) is 3.26. The highest BCUT2D eigenvalue weighted by Crippen LogP contribution is 1.99. The number of unbranched alkanes of at least 4 members (excludes halogenated alkanes) is 3. The Kier molecular flexibility index (Phi) is 10.0. The first-order valence-corrected chi connectivity index (χ1v) is 5.23. The van der Waals surface area contributed by atoms with Crippen LogP contribution in [0, 0.1) is 6.92 Å². The molecule has 11 heavy (non-hydrogen) atoms. The molecule has 0 bridgehead atoms. The number of thioether (sulfide) groups is 1. The molecule has 2 heteroatoms. The predicted octanol–water partition coefficient (Wildman–Crippen LogP) is 3.04. The molecule has 0 aromatic carbocycles. The fourth-order valence-electron chi connectivity index (χ4n) is 0.655. The molecule has 0 aromatic rings. The van der Waals surface area contributed by atoms with E-state index in [9.17, 15) is 0 Å². The number of aliphatic imine (C=N–C) groups is 1. The second-order valence-electron chi connectivity index (χ2n) is 2.38. The summed E-state index contributed by atoms with van der Waals surface area (Å²) in [5.74, 6) is 1.14. The monoisotopic (exact) mass is 171 g/mol. The molecule has 0 aromatic heterocycles. The average molecular weight is 171 g/mol. The van der Waals surface area contributed by atoms with Gasteiger partial charge in [-0.3, -0.25) is 4.99 Å². The molecule has 2 radical (unpaired) electrons. The van der Waals surface area contributed by atoms with E-state index in [4.69, 9.17) is 0 Å². The van der Waals surface area contributed by atoms with Crippen LogP contribution in [0.2, 0.25) is 0 Å². The maximum Gasteiger partial charge on any atom is 0.122 e. The molecule has 0 N–H and O–H groups in total. The molecule has 0 saturated carbocycles. The summed E-state index contributed by atoms with van der Waals surface area (Å²) >= 11 is 1.66. The van der Waals surface area contributed by atoms with Crippen LogP contribution in [0.4, 0.5) is 0 Å². The Labute approximate surface area is 74.7 Å². The molecule has 0 saturated heterocycles. The van der Waals surface area contributed by atoms with Gasteiger partial charge < -0.3 is 0 Å². The van der Waals surface area contributed by atoms with E-state index in [1.807, 2.05) is 0 Å². The predicted molar refractivity (Wildman–Crippen MR) is 54.3 cm³/mol. The van der Waals surface area contributed by atoms with Gasteiger partial charge in [-0.05, 0) is 0 Å². The smallest absolute Gasteiger partial charge is 0.122 e. The Morgan fingerprint density at radius 1 is 1.55 bits per heavy atom. The van der Waals surface area contributed by atoms with E-state index < -0.39 is 0 Å². The summed E-state index contributed by atoms with van der Waals surface area (Å²) in [5, 5.41) is 0. The molecular formula is C9H17NS. The summed E-state index contributed by atoms with van der Waals surface area (Å²) in [6, 6.07) is 0. The van der Waals surface area contributed by atoms with E-state index in [0.29, 0.717) is 0 Å². The first-order chi connectivity index (χ1) is 5.41. The van der Waals surface area contributed by atoms with Gasteiger partial charge >= 0.3 is 0 Å². The molecule has 0 spiro atoms. The fourth-order valence-corrected chi connectivity index (χ4v) is 1.11. The summed E-state index contributed by atoms with van der Waals surface area (Å²) in [6.07, 6.45) is 5.07. The standard InChI is InChI=1S/C6H13.C3H4NS/c1-3-5-6-4-2;1-2-5-3-4-1/h1,3-6H2,2H3;1-2H2. The zero-order chi connectivity index (χ0) is 8.36. The van der Waals surface area contributed by atoms with Crippen LogP contribution in [0.1, 0.15) is 32.6 Å². The molecule has 1 heterocycles. The largest absolute Gasteiger partial charge is 0.275 e. The molecule has 1 rings (SSSR count). The molecule has 0 atom stereocenters. The van der Waals surface area contributed by atoms with Gasteiger partial charge in [0.05, 0.1) is 0 Å². The van der Waals surface area contributed by atoms with Crippen molar-refractivity contribution < 1.29 is 0 Å². The van der Waals surface area contributed by atoms with Crippen LogP contribution in [0.5, 0.6) is 0 Å². The second kappa shape index (κ2) is 10.0. The summed E-state index contributed by atoms with van der Waals surface area (Å²) in [7, 11) is 0. The van der Waals surface area contributed by atoms with E-state index in [1.165, 1.54) is 19.3 Å². The van der Waals surface area contributed by atoms with Crippen molar-refractivity contribution in [3.8, 4) is 0 Å². The molecule has 0 aliphatic carbocycles. The topological polar surface area (TPSA) is 12.4 Å². The lowest BCUT2D eigenvalue weighted by Gasteiger charge is -1.86. The maximum atomic E-state index is 3.80. The van der Waals surface area contributed by atoms with Crippen molar-refractivity contribution in [2.24, 2.45) is 4.99 Å². The SMILES string of the molecule is [CH2]CCCCC.[C]1=NCCS1. The van der Waals surface area contributed by atoms with Gasteiger partial charge in [0, 0.05) is 12.3 Å². The Morgan fingerprint density at radius 2 is 2.36 bits per heavy atom. The van der Waals surface area contributed by atoms with E-state index >= 15 is 0 Å². The summed E-state index contributed by atoms with van der Waals surface area (Å²) < 4.78 is 0. The summed E-state index contributed by atoms with van der Waals surface area (Å²) in [6.45, 7) is 6.90. The number of rotatable bonds is 3. The van der Waals surface area contributed by atoms with Gasteiger partial charge in [0.15, 0.2) is 0 Å². The van der Waals surface area contributed by atoms with Crippen molar-refractivity contribution in [1.29, 1.82) is 0 Å². The zero-order valence-corrected chi connectivity index (χ0v) is 8.12. The van der Waals surface area contributed by atoms with Crippen LogP contribution in [-0.2, 0) is 0 Å². The summed E-state index contributed by atoms with van der Waals surface area (Å²) in [5.41, 5.74) is 2.76. The maximum absolute atomic E-state index is 3.80. The molecular weight excluding hydrogens is 154 g/mol. The first kappa shape index (κ1) is 11.0. The van der Waals surface area contributed by atoms with Crippen LogP contribution >= 0.6 is 11.8 Å². The van der Waals surface area contributed by atoms with Crippen molar-refractivity contribution in [2.45, 2.75) is 32.6 Å². The molecule has 1 aliphatic rings. The van der Waals surface area contributed by atoms with Gasteiger partial charge in [-0.15, -0.1) is 11.8 Å². The van der Waals surface area contributed by atoms with Crippen LogP contribution in [0.25, 0.3) is 0 Å².